The monoisotopic (exact) mass is 400 g/mol. The molecule has 144 valence electrons. The number of carbonyl (C=O) groups excluding carboxylic acids is 2. The van der Waals surface area contributed by atoms with Gasteiger partial charge in [-0.1, -0.05) is 31.2 Å². The van der Waals surface area contributed by atoms with Crippen molar-refractivity contribution in [1.82, 2.24) is 0 Å². The van der Waals surface area contributed by atoms with Crippen molar-refractivity contribution in [3.05, 3.63) is 82.6 Å². The Hall–Kier alpha value is -3.44. The Morgan fingerprint density at radius 1 is 0.966 bits per heavy atom. The Bertz CT molecular complexity index is 1180. The zero-order chi connectivity index (χ0) is 20.2. The SMILES string of the molecule is CCc1cc(-c2ccc3cc(NC(=O)c4ccsc4)ccc3c2)ccc1NC=O. The van der Waals surface area contributed by atoms with E-state index in [0.29, 0.717) is 12.0 Å². The third-order valence-corrected chi connectivity index (χ3v) is 5.60. The number of fused-ring (bicyclic) bond motifs is 1. The standard InChI is InChI=1S/C24H20N2O2S/c1-2-16-11-19(6-8-23(16)25-15-27)17-3-4-20-13-22(7-5-18(20)12-17)26-24(28)21-9-10-29-14-21/h3-15H,2H2,1H3,(H,25,27)(H,26,28). The maximum absolute atomic E-state index is 12.3. The van der Waals surface area contributed by atoms with Crippen LogP contribution in [0.5, 0.6) is 0 Å². The molecule has 0 fully saturated rings. The molecule has 2 amide bonds. The molecule has 29 heavy (non-hydrogen) atoms. The number of benzene rings is 3. The van der Waals surface area contributed by atoms with Crippen LogP contribution in [-0.2, 0) is 11.2 Å². The summed E-state index contributed by atoms with van der Waals surface area (Å²) < 4.78 is 0. The summed E-state index contributed by atoms with van der Waals surface area (Å²) in [5, 5.41) is 11.6. The number of thiophene rings is 1. The molecule has 0 radical (unpaired) electrons. The fourth-order valence-corrected chi connectivity index (χ4v) is 4.01. The van der Waals surface area contributed by atoms with Crippen molar-refractivity contribution in [2.24, 2.45) is 0 Å². The minimum Gasteiger partial charge on any atom is -0.328 e. The van der Waals surface area contributed by atoms with Gasteiger partial charge in [0.25, 0.3) is 5.91 Å². The largest absolute Gasteiger partial charge is 0.328 e. The molecule has 0 aliphatic rings. The van der Waals surface area contributed by atoms with Crippen molar-refractivity contribution in [3.8, 4) is 11.1 Å². The van der Waals surface area contributed by atoms with Crippen LogP contribution in [0, 0.1) is 0 Å². The maximum Gasteiger partial charge on any atom is 0.256 e. The van der Waals surface area contributed by atoms with Crippen LogP contribution in [0.15, 0.2) is 71.4 Å². The van der Waals surface area contributed by atoms with E-state index in [0.717, 1.165) is 45.3 Å². The van der Waals surface area contributed by atoms with Gasteiger partial charge >= 0.3 is 0 Å². The van der Waals surface area contributed by atoms with Crippen LogP contribution in [0.2, 0.25) is 0 Å². The van der Waals surface area contributed by atoms with E-state index in [2.05, 4.69) is 41.8 Å². The molecule has 1 heterocycles. The molecule has 4 nitrogen and oxygen atoms in total. The Labute approximate surface area is 173 Å². The Balaban J connectivity index is 1.62. The molecule has 4 rings (SSSR count). The van der Waals surface area contributed by atoms with Gasteiger partial charge in [0.2, 0.25) is 6.41 Å². The van der Waals surface area contributed by atoms with Gasteiger partial charge in [-0.15, -0.1) is 0 Å². The van der Waals surface area contributed by atoms with Gasteiger partial charge in [0, 0.05) is 16.8 Å². The van der Waals surface area contributed by atoms with Crippen LogP contribution < -0.4 is 10.6 Å². The van der Waals surface area contributed by atoms with Crippen LogP contribution in [0.1, 0.15) is 22.8 Å². The summed E-state index contributed by atoms with van der Waals surface area (Å²) in [6.07, 6.45) is 1.55. The van der Waals surface area contributed by atoms with Crippen LogP contribution >= 0.6 is 11.3 Å². The molecule has 0 saturated carbocycles. The molecule has 0 aliphatic carbocycles. The average Bonchev–Trinajstić information content (AvgIpc) is 3.29. The Morgan fingerprint density at radius 3 is 2.48 bits per heavy atom. The van der Waals surface area contributed by atoms with E-state index in [-0.39, 0.29) is 5.91 Å². The first-order chi connectivity index (χ1) is 14.2. The van der Waals surface area contributed by atoms with Crippen molar-refractivity contribution in [3.63, 3.8) is 0 Å². The molecule has 5 heteroatoms. The lowest BCUT2D eigenvalue weighted by atomic mass is 9.98. The summed E-state index contributed by atoms with van der Waals surface area (Å²) in [4.78, 5) is 23.0. The molecule has 0 spiro atoms. The lowest BCUT2D eigenvalue weighted by molar-refractivity contribution is -0.105. The minimum absolute atomic E-state index is 0.0988. The van der Waals surface area contributed by atoms with Gasteiger partial charge in [-0.05, 0) is 75.7 Å². The van der Waals surface area contributed by atoms with Crippen molar-refractivity contribution in [1.29, 1.82) is 0 Å². The fourth-order valence-electron chi connectivity index (χ4n) is 3.37. The van der Waals surface area contributed by atoms with E-state index in [4.69, 9.17) is 0 Å². The summed E-state index contributed by atoms with van der Waals surface area (Å²) in [7, 11) is 0. The molecule has 0 aliphatic heterocycles. The highest BCUT2D eigenvalue weighted by atomic mass is 32.1. The van der Waals surface area contributed by atoms with Gasteiger partial charge in [0.05, 0.1) is 5.56 Å². The van der Waals surface area contributed by atoms with Crippen molar-refractivity contribution in [2.75, 3.05) is 10.6 Å². The second-order valence-electron chi connectivity index (χ2n) is 6.73. The lowest BCUT2D eigenvalue weighted by Gasteiger charge is -2.11. The molecular formula is C24H20N2O2S. The molecule has 2 N–H and O–H groups in total. The fraction of sp³-hybridized carbons (Fsp3) is 0.0833. The van der Waals surface area contributed by atoms with Crippen LogP contribution in [-0.4, -0.2) is 12.3 Å². The van der Waals surface area contributed by atoms with Crippen molar-refractivity contribution in [2.45, 2.75) is 13.3 Å². The molecule has 3 aromatic carbocycles. The molecule has 0 bridgehead atoms. The van der Waals surface area contributed by atoms with Crippen molar-refractivity contribution >= 4 is 45.8 Å². The Morgan fingerprint density at radius 2 is 1.72 bits per heavy atom. The molecule has 4 aromatic rings. The third-order valence-electron chi connectivity index (χ3n) is 4.92. The quantitative estimate of drug-likeness (QED) is 0.393. The predicted octanol–water partition coefficient (Wildman–Crippen LogP) is 5.95. The summed E-state index contributed by atoms with van der Waals surface area (Å²) in [5.41, 5.74) is 5.61. The topological polar surface area (TPSA) is 58.2 Å². The molecule has 0 unspecified atom stereocenters. The van der Waals surface area contributed by atoms with Crippen LogP contribution in [0.25, 0.3) is 21.9 Å². The van der Waals surface area contributed by atoms with Gasteiger partial charge in [-0.3, -0.25) is 9.59 Å². The number of carbonyl (C=O) groups is 2. The molecular weight excluding hydrogens is 380 g/mol. The third kappa shape index (κ3) is 4.05. The van der Waals surface area contributed by atoms with Crippen molar-refractivity contribution < 1.29 is 9.59 Å². The van der Waals surface area contributed by atoms with E-state index in [1.807, 2.05) is 47.2 Å². The minimum atomic E-state index is -0.0988. The number of amides is 2. The van der Waals surface area contributed by atoms with Gasteiger partial charge in [-0.25, -0.2) is 0 Å². The van der Waals surface area contributed by atoms with E-state index in [1.165, 1.54) is 11.3 Å². The predicted molar refractivity (Wildman–Crippen MR) is 121 cm³/mol. The van der Waals surface area contributed by atoms with Crippen LogP contribution in [0.4, 0.5) is 11.4 Å². The van der Waals surface area contributed by atoms with Gasteiger partial charge in [0.15, 0.2) is 0 Å². The van der Waals surface area contributed by atoms with Gasteiger partial charge in [0.1, 0.15) is 0 Å². The van der Waals surface area contributed by atoms with E-state index < -0.39 is 0 Å². The molecule has 1 aromatic heterocycles. The Kier molecular flexibility index (Phi) is 5.40. The maximum atomic E-state index is 12.3. The molecule has 0 atom stereocenters. The zero-order valence-electron chi connectivity index (χ0n) is 15.9. The highest BCUT2D eigenvalue weighted by Crippen LogP contribution is 2.29. The number of rotatable bonds is 6. The lowest BCUT2D eigenvalue weighted by Crippen LogP contribution is -2.10. The highest BCUT2D eigenvalue weighted by molar-refractivity contribution is 7.08. The number of anilines is 2. The van der Waals surface area contributed by atoms with Gasteiger partial charge < -0.3 is 10.6 Å². The second-order valence-corrected chi connectivity index (χ2v) is 7.51. The van der Waals surface area contributed by atoms with Crippen LogP contribution in [0.3, 0.4) is 0 Å². The van der Waals surface area contributed by atoms with E-state index in [9.17, 15) is 9.59 Å². The van der Waals surface area contributed by atoms with E-state index in [1.54, 1.807) is 0 Å². The zero-order valence-corrected chi connectivity index (χ0v) is 16.8. The smallest absolute Gasteiger partial charge is 0.256 e. The number of hydrogen-bond donors (Lipinski definition) is 2. The van der Waals surface area contributed by atoms with E-state index >= 15 is 0 Å². The summed E-state index contributed by atoms with van der Waals surface area (Å²) in [6.45, 7) is 2.07. The molecule has 0 saturated heterocycles. The highest BCUT2D eigenvalue weighted by Gasteiger charge is 2.08. The first-order valence-corrected chi connectivity index (χ1v) is 10.3. The average molecular weight is 401 g/mol. The number of aryl methyl sites for hydroxylation is 1. The summed E-state index contributed by atoms with van der Waals surface area (Å²) in [5.74, 6) is -0.0988. The second kappa shape index (κ2) is 8.29. The summed E-state index contributed by atoms with van der Waals surface area (Å²) in [6, 6.07) is 20.1. The normalized spacial score (nSPS) is 10.7. The first kappa shape index (κ1) is 18.9. The summed E-state index contributed by atoms with van der Waals surface area (Å²) >= 11 is 1.50. The number of nitrogens with one attached hydrogen (secondary N) is 2. The van der Waals surface area contributed by atoms with Gasteiger partial charge in [-0.2, -0.15) is 11.3 Å². The first-order valence-electron chi connectivity index (χ1n) is 9.39. The number of hydrogen-bond acceptors (Lipinski definition) is 3.